The van der Waals surface area contributed by atoms with Crippen molar-refractivity contribution < 1.29 is 22.2 Å². The predicted octanol–water partition coefficient (Wildman–Crippen LogP) is 3.94. The van der Waals surface area contributed by atoms with E-state index < -0.39 is 28.8 Å². The summed E-state index contributed by atoms with van der Waals surface area (Å²) in [5.74, 6) is -3.08. The summed E-state index contributed by atoms with van der Waals surface area (Å²) >= 11 is 0. The van der Waals surface area contributed by atoms with Crippen LogP contribution in [0.1, 0.15) is 37.7 Å². The molecule has 1 aliphatic carbocycles. The predicted molar refractivity (Wildman–Crippen MR) is 133 cm³/mol. The number of nitriles is 1. The lowest BCUT2D eigenvalue weighted by molar-refractivity contribution is -0.124. The lowest BCUT2D eigenvalue weighted by Gasteiger charge is -2.30. The molecule has 2 N–H and O–H groups in total. The van der Waals surface area contributed by atoms with Crippen LogP contribution >= 0.6 is 0 Å². The van der Waals surface area contributed by atoms with Crippen molar-refractivity contribution >= 4 is 16.9 Å². The van der Waals surface area contributed by atoms with Crippen LogP contribution in [0.5, 0.6) is 0 Å². The van der Waals surface area contributed by atoms with Gasteiger partial charge in [-0.2, -0.15) is 5.26 Å². The number of hydrogen-bond acceptors (Lipinski definition) is 4. The molecule has 2 aromatic rings. The first-order chi connectivity index (χ1) is 17.7. The van der Waals surface area contributed by atoms with Crippen molar-refractivity contribution in [2.75, 3.05) is 13.1 Å². The fourth-order valence-electron chi connectivity index (χ4n) is 5.55. The van der Waals surface area contributed by atoms with Crippen LogP contribution in [0.15, 0.2) is 47.4 Å². The number of fused-ring (bicyclic) bond motifs is 2. The molecule has 2 aromatic carbocycles. The number of hydrogen-bond donors (Lipinski definition) is 2. The summed E-state index contributed by atoms with van der Waals surface area (Å²) in [6.07, 6.45) is 2.52. The van der Waals surface area contributed by atoms with E-state index in [1.807, 2.05) is 0 Å². The van der Waals surface area contributed by atoms with Crippen molar-refractivity contribution in [3.05, 3.63) is 53.8 Å². The molecule has 0 aromatic heterocycles. The van der Waals surface area contributed by atoms with Crippen molar-refractivity contribution in [2.24, 2.45) is 5.92 Å². The van der Waals surface area contributed by atoms with E-state index >= 15 is 0 Å². The Labute approximate surface area is 216 Å². The zero-order valence-electron chi connectivity index (χ0n) is 20.3. The highest BCUT2D eigenvalue weighted by molar-refractivity contribution is 7.82. The Bertz CT molecular complexity index is 1220. The minimum absolute atomic E-state index is 0.0575. The summed E-state index contributed by atoms with van der Waals surface area (Å²) in [6.45, 7) is 0.132. The summed E-state index contributed by atoms with van der Waals surface area (Å²) in [4.78, 5) is 13.2. The number of alkyl halides is 2. The van der Waals surface area contributed by atoms with Gasteiger partial charge < -0.3 is 10.6 Å². The molecule has 196 valence electrons. The summed E-state index contributed by atoms with van der Waals surface area (Å²) < 4.78 is 56.0. The molecule has 0 radical (unpaired) electrons. The Morgan fingerprint density at radius 2 is 1.86 bits per heavy atom. The van der Waals surface area contributed by atoms with Gasteiger partial charge >= 0.3 is 0 Å². The maximum atomic E-state index is 15.0. The van der Waals surface area contributed by atoms with Crippen LogP contribution in [-0.2, 0) is 22.2 Å². The van der Waals surface area contributed by atoms with E-state index in [2.05, 4.69) is 16.7 Å². The number of rotatable bonds is 7. The van der Waals surface area contributed by atoms with Crippen LogP contribution in [0.3, 0.4) is 0 Å². The van der Waals surface area contributed by atoms with Crippen LogP contribution in [0, 0.1) is 23.1 Å². The van der Waals surface area contributed by atoms with Gasteiger partial charge in [0.2, 0.25) is 5.91 Å². The normalized spacial score (nSPS) is 26.4. The van der Waals surface area contributed by atoms with E-state index in [1.54, 1.807) is 40.7 Å². The highest BCUT2D eigenvalue weighted by Crippen LogP contribution is 2.35. The topological polar surface area (TPSA) is 85.2 Å². The van der Waals surface area contributed by atoms with Crippen LogP contribution < -0.4 is 10.6 Å². The second-order valence-corrected chi connectivity index (χ2v) is 11.7. The molecule has 1 unspecified atom stereocenters. The van der Waals surface area contributed by atoms with Crippen molar-refractivity contribution in [3.63, 3.8) is 0 Å². The van der Waals surface area contributed by atoms with Gasteiger partial charge in [-0.05, 0) is 60.1 Å². The van der Waals surface area contributed by atoms with Gasteiger partial charge in [0, 0.05) is 38.4 Å². The summed E-state index contributed by atoms with van der Waals surface area (Å²) in [5.41, 5.74) is 1.65. The average molecular weight is 531 g/mol. The molecular formula is C27H29F3N4O2S. The zero-order chi connectivity index (χ0) is 26.2. The number of piperidine rings is 2. The van der Waals surface area contributed by atoms with Crippen LogP contribution in [0.2, 0.25) is 0 Å². The Balaban J connectivity index is 1.20. The monoisotopic (exact) mass is 530 g/mol. The minimum atomic E-state index is -2.70. The number of amides is 1. The number of nitrogens with zero attached hydrogens (tertiary/aromatic N) is 2. The number of carbonyl (C=O) groups excluding carboxylic acids is 1. The quantitative estimate of drug-likeness (QED) is 0.568. The van der Waals surface area contributed by atoms with Gasteiger partial charge in [0.05, 0.1) is 17.0 Å². The molecule has 0 spiro atoms. The Kier molecular flexibility index (Phi) is 7.39. The minimum Gasteiger partial charge on any atom is -0.339 e. The van der Waals surface area contributed by atoms with Gasteiger partial charge in [-0.15, -0.1) is 0 Å². The Morgan fingerprint density at radius 1 is 1.16 bits per heavy atom. The molecule has 10 heteroatoms. The standard InChI is InChI=1S/C27H29F3N4O2S/c28-24-15-18(17-4-7-23(8-5-17)37(36)34-11-9-27(29,30)10-12-34)1-2-19(24)13-22(16-31)33-26(35)25-20-3-6-21(14-20)32-25/h1-2,4-5,7-8,15,20-22,25,32H,3,6,9-14H2,(H,33,35)/t20-,21+,22-,25-,37?/m0/s1. The first-order valence-electron chi connectivity index (χ1n) is 12.6. The van der Waals surface area contributed by atoms with E-state index in [1.165, 1.54) is 6.07 Å². The molecule has 1 saturated carbocycles. The van der Waals surface area contributed by atoms with Gasteiger partial charge in [0.1, 0.15) is 22.8 Å². The van der Waals surface area contributed by atoms with Crippen molar-refractivity contribution in [3.8, 4) is 17.2 Å². The Hall–Kier alpha value is -2.74. The highest BCUT2D eigenvalue weighted by Gasteiger charge is 2.43. The number of benzene rings is 2. The average Bonchev–Trinajstić information content (AvgIpc) is 3.53. The van der Waals surface area contributed by atoms with Crippen LogP contribution in [0.25, 0.3) is 11.1 Å². The lowest BCUT2D eigenvalue weighted by Crippen LogP contribution is -2.50. The third-order valence-corrected chi connectivity index (χ3v) is 9.18. The van der Waals surface area contributed by atoms with E-state index in [0.717, 1.165) is 19.3 Å². The smallest absolute Gasteiger partial charge is 0.250 e. The van der Waals surface area contributed by atoms with Gasteiger partial charge in [-0.1, -0.05) is 24.3 Å². The molecule has 2 bridgehead atoms. The van der Waals surface area contributed by atoms with Crippen molar-refractivity contribution in [1.29, 1.82) is 5.26 Å². The highest BCUT2D eigenvalue weighted by atomic mass is 32.2. The van der Waals surface area contributed by atoms with Gasteiger partial charge in [-0.3, -0.25) is 4.79 Å². The number of nitrogens with one attached hydrogen (secondary N) is 2. The molecule has 37 heavy (non-hydrogen) atoms. The zero-order valence-corrected chi connectivity index (χ0v) is 21.1. The molecule has 5 atom stereocenters. The van der Waals surface area contributed by atoms with Gasteiger partial charge in [-0.25, -0.2) is 21.7 Å². The van der Waals surface area contributed by atoms with E-state index in [0.29, 0.717) is 33.5 Å². The fraction of sp³-hybridized carbons (Fsp3) is 0.481. The number of halogens is 3. The SMILES string of the molecule is N#C[C@H](Cc1ccc(-c2ccc(S(=O)N3CCC(F)(F)CC3)cc2)cc1F)NC(=O)[C@H]1N[C@@H]2CC[C@H]1C2. The summed E-state index contributed by atoms with van der Waals surface area (Å²) in [6, 6.07) is 12.8. The first kappa shape index (κ1) is 25.9. The van der Waals surface area contributed by atoms with E-state index in [4.69, 9.17) is 0 Å². The van der Waals surface area contributed by atoms with Crippen molar-refractivity contribution in [2.45, 2.75) is 67.5 Å². The van der Waals surface area contributed by atoms with E-state index in [9.17, 15) is 27.4 Å². The van der Waals surface area contributed by atoms with Crippen LogP contribution in [0.4, 0.5) is 13.2 Å². The van der Waals surface area contributed by atoms with Crippen LogP contribution in [-0.4, -0.2) is 51.6 Å². The molecular weight excluding hydrogens is 501 g/mol. The molecule has 1 amide bonds. The molecule has 3 aliphatic rings. The maximum Gasteiger partial charge on any atom is 0.250 e. The number of carbonyl (C=O) groups is 1. The Morgan fingerprint density at radius 3 is 2.46 bits per heavy atom. The molecule has 2 aliphatic heterocycles. The second kappa shape index (κ2) is 10.6. The molecule has 3 fully saturated rings. The second-order valence-electron chi connectivity index (χ2n) is 10.2. The van der Waals surface area contributed by atoms with Gasteiger partial charge in [0.15, 0.2) is 0 Å². The largest absolute Gasteiger partial charge is 0.339 e. The molecule has 2 saturated heterocycles. The molecule has 2 heterocycles. The third kappa shape index (κ3) is 5.74. The maximum absolute atomic E-state index is 15.0. The summed E-state index contributed by atoms with van der Waals surface area (Å²) in [5, 5.41) is 15.6. The summed E-state index contributed by atoms with van der Waals surface area (Å²) in [7, 11) is -1.53. The lowest BCUT2D eigenvalue weighted by atomic mass is 9.98. The van der Waals surface area contributed by atoms with Gasteiger partial charge in [0.25, 0.3) is 5.92 Å². The first-order valence-corrected chi connectivity index (χ1v) is 13.7. The van der Waals surface area contributed by atoms with E-state index in [-0.39, 0.29) is 44.3 Å². The molecule has 5 rings (SSSR count). The van der Waals surface area contributed by atoms with Crippen molar-refractivity contribution in [1.82, 2.24) is 14.9 Å². The fourth-order valence-corrected chi connectivity index (χ4v) is 6.73. The molecule has 6 nitrogen and oxygen atoms in total. The third-order valence-electron chi connectivity index (χ3n) is 7.67.